The van der Waals surface area contributed by atoms with Gasteiger partial charge in [0.1, 0.15) is 10.8 Å². The van der Waals surface area contributed by atoms with Crippen molar-refractivity contribution in [3.63, 3.8) is 0 Å². The first-order valence-electron chi connectivity index (χ1n) is 5.35. The number of nitrogens with one attached hydrogen (secondary N) is 1. The number of aliphatic hydroxyl groups is 1. The summed E-state index contributed by atoms with van der Waals surface area (Å²) in [4.78, 5) is 11.7. The zero-order chi connectivity index (χ0) is 13.8. The zero-order valence-corrected chi connectivity index (χ0v) is 10.5. The fraction of sp³-hybridized carbons (Fsp3) is 0.182. The molecule has 0 saturated heterocycles. The van der Waals surface area contributed by atoms with Crippen LogP contribution in [0.3, 0.4) is 0 Å². The number of hydrogen-bond donors (Lipinski definition) is 3. The van der Waals surface area contributed by atoms with Crippen LogP contribution in [0.1, 0.15) is 16.7 Å². The van der Waals surface area contributed by atoms with E-state index in [1.807, 2.05) is 0 Å². The minimum absolute atomic E-state index is 0.131. The lowest BCUT2D eigenvalue weighted by molar-refractivity contribution is -0.129. The Morgan fingerprint density at radius 2 is 2.11 bits per heavy atom. The van der Waals surface area contributed by atoms with Crippen LogP contribution in [0.4, 0.5) is 9.52 Å². The molecule has 0 spiro atoms. The summed E-state index contributed by atoms with van der Waals surface area (Å²) in [5.41, 5.74) is 5.71. The van der Waals surface area contributed by atoms with Gasteiger partial charge < -0.3 is 16.2 Å². The molecule has 2 rings (SSSR count). The van der Waals surface area contributed by atoms with Gasteiger partial charge in [0.05, 0.1) is 6.54 Å². The van der Waals surface area contributed by atoms with E-state index in [4.69, 9.17) is 5.73 Å². The van der Waals surface area contributed by atoms with Gasteiger partial charge in [-0.2, -0.15) is 0 Å². The number of hydrogen-bond acceptors (Lipinski definition) is 6. The van der Waals surface area contributed by atoms with Gasteiger partial charge in [0.15, 0.2) is 6.10 Å². The van der Waals surface area contributed by atoms with Gasteiger partial charge >= 0.3 is 0 Å². The maximum absolute atomic E-state index is 12.7. The first-order valence-corrected chi connectivity index (χ1v) is 6.17. The predicted molar refractivity (Wildman–Crippen MR) is 67.5 cm³/mol. The lowest BCUT2D eigenvalue weighted by atomic mass is 10.1. The second-order valence-corrected chi connectivity index (χ2v) is 4.80. The van der Waals surface area contributed by atoms with Crippen molar-refractivity contribution in [1.29, 1.82) is 0 Å². The van der Waals surface area contributed by atoms with Crippen molar-refractivity contribution < 1.29 is 14.3 Å². The first-order chi connectivity index (χ1) is 9.06. The Labute approximate surface area is 112 Å². The van der Waals surface area contributed by atoms with Crippen LogP contribution in [-0.2, 0) is 11.3 Å². The average Bonchev–Trinajstić information content (AvgIpc) is 2.82. The Bertz CT molecular complexity index is 572. The molecule has 0 aliphatic carbocycles. The van der Waals surface area contributed by atoms with Crippen LogP contribution >= 0.6 is 11.3 Å². The molecule has 100 valence electrons. The molecule has 1 heterocycles. The highest BCUT2D eigenvalue weighted by Crippen LogP contribution is 2.14. The Balaban J connectivity index is 1.94. The molecular formula is C11H11FN4O2S. The van der Waals surface area contributed by atoms with Crippen LogP contribution in [0.15, 0.2) is 24.3 Å². The van der Waals surface area contributed by atoms with Crippen molar-refractivity contribution >= 4 is 22.4 Å². The number of anilines is 1. The number of halogens is 1. The maximum Gasteiger partial charge on any atom is 0.253 e. The zero-order valence-electron chi connectivity index (χ0n) is 9.71. The number of aromatic nitrogens is 2. The maximum atomic E-state index is 12.7. The number of carbonyl (C=O) groups is 1. The average molecular weight is 282 g/mol. The van der Waals surface area contributed by atoms with E-state index in [9.17, 15) is 14.3 Å². The van der Waals surface area contributed by atoms with E-state index in [1.54, 1.807) is 0 Å². The largest absolute Gasteiger partial charge is 0.378 e. The predicted octanol–water partition coefficient (Wildman–Crippen LogP) is 0.609. The van der Waals surface area contributed by atoms with Crippen molar-refractivity contribution in [3.05, 3.63) is 40.7 Å². The molecule has 2 aromatic rings. The topological polar surface area (TPSA) is 101 Å². The SMILES string of the molecule is Nc1nnc(CNC(=O)C(O)c2ccc(F)cc2)s1. The summed E-state index contributed by atoms with van der Waals surface area (Å²) in [6.07, 6.45) is -1.36. The Kier molecular flexibility index (Phi) is 4.03. The van der Waals surface area contributed by atoms with Crippen molar-refractivity contribution in [1.82, 2.24) is 15.5 Å². The first kappa shape index (κ1) is 13.4. The molecule has 6 nitrogen and oxygen atoms in total. The standard InChI is InChI=1S/C11H11FN4O2S/c12-7-3-1-6(2-4-7)9(17)10(18)14-5-8-15-16-11(13)19-8/h1-4,9,17H,5H2,(H2,13,16)(H,14,18). The van der Waals surface area contributed by atoms with Crippen LogP contribution < -0.4 is 11.1 Å². The fourth-order valence-corrected chi connectivity index (χ4v) is 1.94. The molecule has 1 aromatic carbocycles. The van der Waals surface area contributed by atoms with Crippen molar-refractivity contribution in [2.45, 2.75) is 12.6 Å². The molecule has 4 N–H and O–H groups in total. The molecule has 8 heteroatoms. The highest BCUT2D eigenvalue weighted by atomic mass is 32.1. The Hall–Kier alpha value is -2.06. The molecule has 1 aromatic heterocycles. The van der Waals surface area contributed by atoms with Crippen LogP contribution in [0, 0.1) is 5.82 Å². The van der Waals surface area contributed by atoms with Crippen LogP contribution in [0.25, 0.3) is 0 Å². The molecule has 0 aliphatic rings. The van der Waals surface area contributed by atoms with E-state index in [0.29, 0.717) is 15.7 Å². The summed E-state index contributed by atoms with van der Waals surface area (Å²) in [6.45, 7) is 0.131. The highest BCUT2D eigenvalue weighted by Gasteiger charge is 2.17. The van der Waals surface area contributed by atoms with Gasteiger partial charge in [-0.3, -0.25) is 4.79 Å². The number of benzene rings is 1. The number of carbonyl (C=O) groups excluding carboxylic acids is 1. The van der Waals surface area contributed by atoms with Gasteiger partial charge in [0.25, 0.3) is 5.91 Å². The Morgan fingerprint density at radius 1 is 1.42 bits per heavy atom. The molecule has 0 saturated carbocycles. The summed E-state index contributed by atoms with van der Waals surface area (Å²) in [6, 6.07) is 5.06. The molecule has 0 aliphatic heterocycles. The smallest absolute Gasteiger partial charge is 0.253 e. The van der Waals surface area contributed by atoms with Crippen LogP contribution in [0.2, 0.25) is 0 Å². The van der Waals surface area contributed by atoms with E-state index >= 15 is 0 Å². The third-order valence-corrected chi connectivity index (χ3v) is 3.08. The van der Waals surface area contributed by atoms with E-state index in [1.165, 1.54) is 24.3 Å². The van der Waals surface area contributed by atoms with Crippen LogP contribution in [0.5, 0.6) is 0 Å². The number of nitrogens with two attached hydrogens (primary N) is 1. The summed E-state index contributed by atoms with van der Waals surface area (Å²) < 4.78 is 12.7. The van der Waals surface area contributed by atoms with E-state index in [-0.39, 0.29) is 6.54 Å². The molecule has 0 bridgehead atoms. The van der Waals surface area contributed by atoms with Gasteiger partial charge in [0.2, 0.25) is 5.13 Å². The minimum atomic E-state index is -1.36. The van der Waals surface area contributed by atoms with E-state index < -0.39 is 17.8 Å². The molecule has 1 atom stereocenters. The number of nitrogens with zero attached hydrogens (tertiary/aromatic N) is 2. The van der Waals surface area contributed by atoms with E-state index in [2.05, 4.69) is 15.5 Å². The molecule has 1 amide bonds. The third-order valence-electron chi connectivity index (χ3n) is 2.33. The summed E-state index contributed by atoms with van der Waals surface area (Å²) in [5, 5.41) is 20.4. The van der Waals surface area contributed by atoms with Crippen LogP contribution in [-0.4, -0.2) is 21.2 Å². The van der Waals surface area contributed by atoms with Gasteiger partial charge in [-0.05, 0) is 17.7 Å². The molecule has 1 unspecified atom stereocenters. The Morgan fingerprint density at radius 3 is 2.68 bits per heavy atom. The highest BCUT2D eigenvalue weighted by molar-refractivity contribution is 7.15. The van der Waals surface area contributed by atoms with Crippen molar-refractivity contribution in [2.75, 3.05) is 5.73 Å². The normalized spacial score (nSPS) is 12.1. The summed E-state index contributed by atoms with van der Waals surface area (Å²) >= 11 is 1.15. The molecule has 0 fully saturated rings. The lowest BCUT2D eigenvalue weighted by Gasteiger charge is -2.10. The number of nitrogen functional groups attached to an aromatic ring is 1. The molecular weight excluding hydrogens is 271 g/mol. The monoisotopic (exact) mass is 282 g/mol. The van der Waals surface area contributed by atoms with Gasteiger partial charge in [-0.25, -0.2) is 4.39 Å². The summed E-state index contributed by atoms with van der Waals surface area (Å²) in [7, 11) is 0. The second kappa shape index (κ2) is 5.72. The van der Waals surface area contributed by atoms with Gasteiger partial charge in [-0.15, -0.1) is 10.2 Å². The number of aliphatic hydroxyl groups excluding tert-OH is 1. The van der Waals surface area contributed by atoms with Crippen molar-refractivity contribution in [3.8, 4) is 0 Å². The number of rotatable bonds is 4. The minimum Gasteiger partial charge on any atom is -0.378 e. The summed E-state index contributed by atoms with van der Waals surface area (Å²) in [5.74, 6) is -1.03. The van der Waals surface area contributed by atoms with Gasteiger partial charge in [0, 0.05) is 0 Å². The fourth-order valence-electron chi connectivity index (χ4n) is 1.39. The quantitative estimate of drug-likeness (QED) is 0.762. The third kappa shape index (κ3) is 3.46. The molecule has 0 radical (unpaired) electrons. The van der Waals surface area contributed by atoms with Crippen molar-refractivity contribution in [2.24, 2.45) is 0 Å². The second-order valence-electron chi connectivity index (χ2n) is 3.71. The van der Waals surface area contributed by atoms with Gasteiger partial charge in [-0.1, -0.05) is 23.5 Å². The number of amides is 1. The molecule has 19 heavy (non-hydrogen) atoms. The van der Waals surface area contributed by atoms with E-state index in [0.717, 1.165) is 11.3 Å². The lowest BCUT2D eigenvalue weighted by Crippen LogP contribution is -2.28.